The van der Waals surface area contributed by atoms with Crippen molar-refractivity contribution < 1.29 is 4.79 Å². The standard InChI is InChI=1S/C28H29Cl2N9O/c29-21-10-6-19(7-11-21)24-25(20-8-12-22(30)13-9-20)32-26(27(40)34-38-16-2-1-3-17-38)23(31-24)18-39-28(33-35-36-39)37-14-4-5-15-37/h6-13H,1-5,14-18H2,(H,34,40). The highest BCUT2D eigenvalue weighted by atomic mass is 35.5. The molecule has 0 unspecified atom stereocenters. The Morgan fingerprint density at radius 1 is 0.775 bits per heavy atom. The number of hydrazine groups is 1. The monoisotopic (exact) mass is 577 g/mol. The van der Waals surface area contributed by atoms with Gasteiger partial charge < -0.3 is 4.90 Å². The third-order valence-corrected chi connectivity index (χ3v) is 7.74. The van der Waals surface area contributed by atoms with Crippen LogP contribution >= 0.6 is 23.2 Å². The predicted molar refractivity (Wildman–Crippen MR) is 154 cm³/mol. The molecule has 0 saturated carbocycles. The van der Waals surface area contributed by atoms with Gasteiger partial charge in [-0.2, -0.15) is 0 Å². The molecule has 2 saturated heterocycles. The van der Waals surface area contributed by atoms with Crippen LogP contribution in [0.5, 0.6) is 0 Å². The van der Waals surface area contributed by atoms with E-state index in [1.165, 1.54) is 0 Å². The summed E-state index contributed by atoms with van der Waals surface area (Å²) in [5, 5.41) is 15.6. The maximum atomic E-state index is 13.8. The van der Waals surface area contributed by atoms with E-state index < -0.39 is 0 Å². The van der Waals surface area contributed by atoms with E-state index in [4.69, 9.17) is 33.2 Å². The number of benzene rings is 2. The van der Waals surface area contributed by atoms with Crippen molar-refractivity contribution in [2.75, 3.05) is 31.1 Å². The molecule has 2 fully saturated rings. The van der Waals surface area contributed by atoms with E-state index in [-0.39, 0.29) is 18.1 Å². The van der Waals surface area contributed by atoms with Gasteiger partial charge in [0.25, 0.3) is 5.91 Å². The molecule has 0 atom stereocenters. The van der Waals surface area contributed by atoms with Gasteiger partial charge in [0.2, 0.25) is 5.95 Å². The summed E-state index contributed by atoms with van der Waals surface area (Å²) in [5.41, 5.74) is 6.58. The van der Waals surface area contributed by atoms with Crippen LogP contribution in [0.3, 0.4) is 0 Å². The second kappa shape index (κ2) is 11.9. The van der Waals surface area contributed by atoms with Crippen LogP contribution < -0.4 is 10.3 Å². The molecule has 6 rings (SSSR count). The van der Waals surface area contributed by atoms with Crippen molar-refractivity contribution in [3.63, 3.8) is 0 Å². The lowest BCUT2D eigenvalue weighted by molar-refractivity contribution is 0.0743. The van der Waals surface area contributed by atoms with Crippen LogP contribution in [-0.4, -0.2) is 67.3 Å². The molecule has 2 aliphatic heterocycles. The van der Waals surface area contributed by atoms with Crippen molar-refractivity contribution in [3.8, 4) is 22.5 Å². The molecule has 4 heterocycles. The summed E-state index contributed by atoms with van der Waals surface area (Å²) in [4.78, 5) is 26.0. The molecule has 40 heavy (non-hydrogen) atoms. The summed E-state index contributed by atoms with van der Waals surface area (Å²) in [6, 6.07) is 14.8. The number of halogens is 2. The lowest BCUT2D eigenvalue weighted by Crippen LogP contribution is -2.45. The summed E-state index contributed by atoms with van der Waals surface area (Å²) in [5.74, 6) is 0.356. The zero-order valence-corrected chi connectivity index (χ0v) is 23.4. The Morgan fingerprint density at radius 2 is 1.35 bits per heavy atom. The molecular weight excluding hydrogens is 549 g/mol. The topological polar surface area (TPSA) is 105 Å². The average molecular weight is 579 g/mol. The molecule has 1 N–H and O–H groups in total. The van der Waals surface area contributed by atoms with Crippen LogP contribution in [0.1, 0.15) is 48.3 Å². The Bertz CT molecular complexity index is 1480. The number of nitrogens with zero attached hydrogens (tertiary/aromatic N) is 8. The van der Waals surface area contributed by atoms with E-state index >= 15 is 0 Å². The molecule has 206 valence electrons. The summed E-state index contributed by atoms with van der Waals surface area (Å²) in [6.45, 7) is 3.57. The number of hydrogen-bond donors (Lipinski definition) is 1. The van der Waals surface area contributed by atoms with Crippen LogP contribution in [0.2, 0.25) is 10.0 Å². The number of nitrogens with one attached hydrogen (secondary N) is 1. The summed E-state index contributed by atoms with van der Waals surface area (Å²) in [6.07, 6.45) is 5.41. The van der Waals surface area contributed by atoms with Gasteiger partial charge in [0, 0.05) is 47.4 Å². The van der Waals surface area contributed by atoms with E-state index in [0.29, 0.717) is 33.1 Å². The fourth-order valence-corrected chi connectivity index (χ4v) is 5.42. The molecule has 10 nitrogen and oxygen atoms in total. The first-order chi connectivity index (χ1) is 19.5. The zero-order valence-electron chi connectivity index (χ0n) is 21.9. The summed E-state index contributed by atoms with van der Waals surface area (Å²) in [7, 11) is 0. The van der Waals surface area contributed by atoms with E-state index in [0.717, 1.165) is 69.4 Å². The molecule has 4 aromatic rings. The second-order valence-corrected chi connectivity index (χ2v) is 10.9. The highest BCUT2D eigenvalue weighted by Gasteiger charge is 2.26. The van der Waals surface area contributed by atoms with Gasteiger partial charge in [0.1, 0.15) is 0 Å². The second-order valence-electron chi connectivity index (χ2n) is 10.0. The highest BCUT2D eigenvalue weighted by Crippen LogP contribution is 2.32. The molecule has 2 aromatic heterocycles. The van der Waals surface area contributed by atoms with Crippen molar-refractivity contribution in [2.24, 2.45) is 0 Å². The number of amides is 1. The van der Waals surface area contributed by atoms with Gasteiger partial charge in [-0.25, -0.2) is 19.7 Å². The quantitative estimate of drug-likeness (QED) is 0.331. The van der Waals surface area contributed by atoms with Crippen LogP contribution in [0.4, 0.5) is 5.95 Å². The molecule has 0 bridgehead atoms. The number of hydrogen-bond acceptors (Lipinski definition) is 8. The Kier molecular flexibility index (Phi) is 7.90. The number of carbonyl (C=O) groups is 1. The number of piperidine rings is 1. The molecule has 12 heteroatoms. The van der Waals surface area contributed by atoms with Crippen LogP contribution in [-0.2, 0) is 6.54 Å². The molecule has 1 amide bonds. The van der Waals surface area contributed by atoms with Crippen molar-refractivity contribution >= 4 is 35.1 Å². The number of rotatable bonds is 7. The molecule has 0 spiro atoms. The first kappa shape index (κ1) is 26.6. The minimum Gasteiger partial charge on any atom is -0.340 e. The SMILES string of the molecule is O=C(NN1CCCCC1)c1nc(-c2ccc(Cl)cc2)c(-c2ccc(Cl)cc2)nc1Cn1nnnc1N1CCCC1. The van der Waals surface area contributed by atoms with Gasteiger partial charge in [-0.05, 0) is 60.4 Å². The third kappa shape index (κ3) is 5.79. The maximum absolute atomic E-state index is 13.8. The van der Waals surface area contributed by atoms with E-state index in [1.54, 1.807) is 16.8 Å². The minimum atomic E-state index is -0.307. The Hall–Kier alpha value is -3.60. The molecule has 2 aliphatic rings. The summed E-state index contributed by atoms with van der Waals surface area (Å²) < 4.78 is 1.70. The fraction of sp³-hybridized carbons (Fsp3) is 0.357. The molecular formula is C28H29Cl2N9O. The Morgan fingerprint density at radius 3 is 1.98 bits per heavy atom. The average Bonchev–Trinajstić information content (AvgIpc) is 3.67. The van der Waals surface area contributed by atoms with Crippen molar-refractivity contribution in [3.05, 3.63) is 70.0 Å². The summed E-state index contributed by atoms with van der Waals surface area (Å²) >= 11 is 12.4. The third-order valence-electron chi connectivity index (χ3n) is 7.24. The van der Waals surface area contributed by atoms with Crippen LogP contribution in [0.25, 0.3) is 22.5 Å². The van der Waals surface area contributed by atoms with Crippen molar-refractivity contribution in [2.45, 2.75) is 38.6 Å². The van der Waals surface area contributed by atoms with Gasteiger partial charge >= 0.3 is 0 Å². The lowest BCUT2D eigenvalue weighted by atomic mass is 10.0. The number of carbonyl (C=O) groups excluding carboxylic acids is 1. The number of aromatic nitrogens is 6. The number of tetrazole rings is 1. The van der Waals surface area contributed by atoms with Crippen LogP contribution in [0, 0.1) is 0 Å². The Labute approximate surface area is 242 Å². The number of anilines is 1. The normalized spacial score (nSPS) is 15.9. The molecule has 0 radical (unpaired) electrons. The van der Waals surface area contributed by atoms with Gasteiger partial charge in [0.15, 0.2) is 5.69 Å². The molecule has 0 aliphatic carbocycles. The van der Waals surface area contributed by atoms with E-state index in [2.05, 4.69) is 25.9 Å². The minimum absolute atomic E-state index is 0.191. The maximum Gasteiger partial charge on any atom is 0.286 e. The van der Waals surface area contributed by atoms with Gasteiger partial charge in [0.05, 0.1) is 23.6 Å². The van der Waals surface area contributed by atoms with Crippen LogP contribution in [0.15, 0.2) is 48.5 Å². The largest absolute Gasteiger partial charge is 0.340 e. The molecule has 2 aromatic carbocycles. The van der Waals surface area contributed by atoms with Crippen molar-refractivity contribution in [1.82, 2.24) is 40.6 Å². The fourth-order valence-electron chi connectivity index (χ4n) is 5.17. The van der Waals surface area contributed by atoms with Gasteiger partial charge in [-0.15, -0.1) is 0 Å². The predicted octanol–water partition coefficient (Wildman–Crippen LogP) is 4.88. The zero-order chi connectivity index (χ0) is 27.5. The smallest absolute Gasteiger partial charge is 0.286 e. The highest BCUT2D eigenvalue weighted by molar-refractivity contribution is 6.31. The van der Waals surface area contributed by atoms with Gasteiger partial charge in [-0.1, -0.05) is 59.0 Å². The first-order valence-corrected chi connectivity index (χ1v) is 14.3. The van der Waals surface area contributed by atoms with E-state index in [1.807, 2.05) is 41.4 Å². The van der Waals surface area contributed by atoms with Crippen molar-refractivity contribution in [1.29, 1.82) is 0 Å². The Balaban J connectivity index is 1.47. The lowest BCUT2D eigenvalue weighted by Gasteiger charge is -2.27. The van der Waals surface area contributed by atoms with Gasteiger partial charge in [-0.3, -0.25) is 10.2 Å². The first-order valence-electron chi connectivity index (χ1n) is 13.5. The van der Waals surface area contributed by atoms with E-state index in [9.17, 15) is 4.79 Å².